The predicted molar refractivity (Wildman–Crippen MR) is 222 cm³/mol. The Bertz CT molecular complexity index is 3340. The van der Waals surface area contributed by atoms with Crippen LogP contribution in [0.3, 0.4) is 0 Å². The lowest BCUT2D eigenvalue weighted by molar-refractivity contribution is -0.0593. The van der Waals surface area contributed by atoms with Crippen LogP contribution >= 0.6 is 0 Å². The quantitative estimate of drug-likeness (QED) is 0.137. The fourth-order valence-electron chi connectivity index (χ4n) is 10.0. The highest BCUT2D eigenvalue weighted by atomic mass is 19.2. The Kier molecular flexibility index (Phi) is 8.70. The Morgan fingerprint density at radius 2 is 1.72 bits per heavy atom. The number of aryl methyl sites for hydroxylation is 1. The molecule has 1 saturated carbocycles. The first-order valence-electron chi connectivity index (χ1n) is 21.0. The van der Waals surface area contributed by atoms with E-state index < -0.39 is 46.2 Å². The summed E-state index contributed by atoms with van der Waals surface area (Å²) in [5, 5.41) is 13.1. The molecule has 1 amide bonds. The smallest absolute Gasteiger partial charge is 0.376 e. The lowest BCUT2D eigenvalue weighted by Gasteiger charge is -2.35. The van der Waals surface area contributed by atoms with Gasteiger partial charge >= 0.3 is 11.4 Å². The predicted octanol–water partition coefficient (Wildman–Crippen LogP) is 6.70. The Balaban J connectivity index is 1.05. The third-order valence-electron chi connectivity index (χ3n) is 13.3. The summed E-state index contributed by atoms with van der Waals surface area (Å²) in [6, 6.07) is 9.78. The summed E-state index contributed by atoms with van der Waals surface area (Å²) >= 11 is 0. The van der Waals surface area contributed by atoms with Gasteiger partial charge in [0.15, 0.2) is 29.1 Å². The van der Waals surface area contributed by atoms with Crippen molar-refractivity contribution in [3.8, 4) is 17.2 Å². The molecule has 1 saturated heterocycles. The van der Waals surface area contributed by atoms with Crippen molar-refractivity contribution in [1.82, 2.24) is 48.1 Å². The molecule has 19 heteroatoms. The van der Waals surface area contributed by atoms with Crippen LogP contribution in [-0.4, -0.2) is 72.8 Å². The van der Waals surface area contributed by atoms with Gasteiger partial charge in [-0.05, 0) is 88.3 Å². The van der Waals surface area contributed by atoms with E-state index in [0.717, 1.165) is 45.3 Å². The maximum atomic E-state index is 16.0. The van der Waals surface area contributed by atoms with E-state index in [9.17, 15) is 22.8 Å². The van der Waals surface area contributed by atoms with Crippen molar-refractivity contribution in [2.24, 2.45) is 7.05 Å². The van der Waals surface area contributed by atoms with Crippen molar-refractivity contribution in [3.63, 3.8) is 0 Å². The molecule has 328 valence electrons. The van der Waals surface area contributed by atoms with Crippen molar-refractivity contribution in [3.05, 3.63) is 145 Å². The van der Waals surface area contributed by atoms with Crippen LogP contribution in [0.5, 0.6) is 0 Å². The van der Waals surface area contributed by atoms with E-state index in [1.54, 1.807) is 24.9 Å². The van der Waals surface area contributed by atoms with E-state index in [2.05, 4.69) is 41.2 Å². The van der Waals surface area contributed by atoms with Gasteiger partial charge in [-0.2, -0.15) is 10.2 Å². The molecular formula is C45H40F4N10O5. The minimum atomic E-state index is -1.68. The first-order chi connectivity index (χ1) is 30.6. The Morgan fingerprint density at radius 3 is 2.44 bits per heavy atom. The number of ether oxygens (including phenoxy) is 1. The molecule has 0 spiro atoms. The van der Waals surface area contributed by atoms with E-state index in [-0.39, 0.29) is 53.0 Å². The molecule has 8 aromatic rings. The van der Waals surface area contributed by atoms with E-state index in [4.69, 9.17) is 14.4 Å². The zero-order chi connectivity index (χ0) is 44.6. The summed E-state index contributed by atoms with van der Waals surface area (Å²) in [7, 11) is 1.66. The normalized spacial score (nSPS) is 19.2. The zero-order valence-electron chi connectivity index (χ0n) is 35.0. The summed E-state index contributed by atoms with van der Waals surface area (Å²) in [6.07, 6.45) is 9.00. The van der Waals surface area contributed by atoms with Crippen molar-refractivity contribution in [2.75, 3.05) is 13.2 Å². The van der Waals surface area contributed by atoms with Crippen LogP contribution in [-0.2, 0) is 23.6 Å². The number of nitrogens with one attached hydrogen (secondary N) is 1. The summed E-state index contributed by atoms with van der Waals surface area (Å²) in [5.74, 6) is -5.87. The van der Waals surface area contributed by atoms with E-state index in [1.165, 1.54) is 33.9 Å². The third-order valence-corrected chi connectivity index (χ3v) is 13.3. The molecule has 64 heavy (non-hydrogen) atoms. The Morgan fingerprint density at radius 1 is 0.953 bits per heavy atom. The fourth-order valence-corrected chi connectivity index (χ4v) is 10.0. The molecule has 2 aromatic carbocycles. The molecule has 2 atom stereocenters. The number of halogens is 4. The number of carbonyl (C=O) groups excluding carboxylic acids is 1. The Labute approximate surface area is 360 Å². The van der Waals surface area contributed by atoms with Gasteiger partial charge in [0.2, 0.25) is 0 Å². The van der Waals surface area contributed by atoms with Crippen LogP contribution in [0.15, 0.2) is 81.4 Å². The highest BCUT2D eigenvalue weighted by Gasteiger charge is 2.54. The first kappa shape index (κ1) is 39.8. The monoisotopic (exact) mass is 876 g/mol. The largest absolute Gasteiger partial charge is 0.438 e. The molecule has 0 unspecified atom stereocenters. The first-order valence-corrected chi connectivity index (χ1v) is 21.0. The van der Waals surface area contributed by atoms with Crippen LogP contribution in [0, 0.1) is 23.3 Å². The number of rotatable bonds is 7. The number of hydrogen-bond acceptors (Lipinski definition) is 8. The SMILES string of the molecule is C[C@H]1c2c(nn(-c3cc(F)c(F)c(F)c3)c2-n2ccn(-c3ccc4c(cnn4C)c3F)c2=O)CCN1C(=O)c1cc2cc([C@H]3CCOC(C)(C)C3)ccn2c1C1(c2noc(=O)[nH]2)CC1. The van der Waals surface area contributed by atoms with Crippen LogP contribution in [0.1, 0.15) is 97.1 Å². The molecule has 3 aliphatic rings. The number of hydrogen-bond donors (Lipinski definition) is 1. The standard InChI is InChI=1S/C45H40F4N10O5/c1-23-35-32(52-59(27-19-30(46)37(49)31(47)20-27)39(35)58-15-14-57(43(58)62)34-6-5-33-29(36(34)48)22-50-54(33)4)8-13-55(23)40(60)28-18-26-17-24(25-9-16-63-44(2,3)21-25)7-12-56(26)38(28)45(10-11-45)41-51-42(61)64-53-41/h5-7,12,14-15,17-20,22-23,25H,8-11,13,16,21H2,1-4H3,(H,51,53,61)/t23-,25-/m0/s1. The average Bonchev–Trinajstić information content (AvgIpc) is 3.72. The molecule has 6 aromatic heterocycles. The molecule has 8 heterocycles. The third kappa shape index (κ3) is 5.96. The van der Waals surface area contributed by atoms with Gasteiger partial charge in [0.05, 0.1) is 56.8 Å². The molecule has 1 aliphatic carbocycles. The summed E-state index contributed by atoms with van der Waals surface area (Å²) < 4.78 is 78.0. The average molecular weight is 877 g/mol. The number of fused-ring (bicyclic) bond motifs is 3. The van der Waals surface area contributed by atoms with Gasteiger partial charge in [-0.25, -0.2) is 31.8 Å². The fraction of sp³-hybridized carbons (Fsp3) is 0.333. The molecule has 0 radical (unpaired) electrons. The lowest BCUT2D eigenvalue weighted by atomic mass is 9.84. The number of benzene rings is 2. The Hall–Kier alpha value is -7.02. The number of amides is 1. The zero-order valence-corrected chi connectivity index (χ0v) is 35.0. The number of pyridine rings is 1. The number of nitrogens with zero attached hydrogens (tertiary/aromatic N) is 9. The topological polar surface area (TPSA) is 155 Å². The van der Waals surface area contributed by atoms with Crippen molar-refractivity contribution in [1.29, 1.82) is 0 Å². The van der Waals surface area contributed by atoms with E-state index >= 15 is 9.18 Å². The van der Waals surface area contributed by atoms with Gasteiger partial charge in [-0.3, -0.25) is 28.1 Å². The molecule has 1 N–H and O–H groups in total. The lowest BCUT2D eigenvalue weighted by Crippen LogP contribution is -2.40. The van der Waals surface area contributed by atoms with Gasteiger partial charge in [-0.15, -0.1) is 0 Å². The minimum absolute atomic E-state index is 0.0159. The van der Waals surface area contributed by atoms with Crippen molar-refractivity contribution < 1.29 is 31.6 Å². The van der Waals surface area contributed by atoms with Gasteiger partial charge in [0.1, 0.15) is 5.82 Å². The highest BCUT2D eigenvalue weighted by Crippen LogP contribution is 2.54. The van der Waals surface area contributed by atoms with Crippen LogP contribution < -0.4 is 11.4 Å². The number of aromatic nitrogens is 9. The second kappa shape index (κ2) is 14.0. The number of imidazole rings is 1. The molecule has 2 fully saturated rings. The van der Waals surface area contributed by atoms with E-state index in [0.29, 0.717) is 53.3 Å². The molecule has 15 nitrogen and oxygen atoms in total. The molecule has 0 bridgehead atoms. The van der Waals surface area contributed by atoms with Crippen LogP contribution in [0.2, 0.25) is 0 Å². The second-order valence-electron chi connectivity index (χ2n) is 17.6. The van der Waals surface area contributed by atoms with Gasteiger partial charge in [0.25, 0.3) is 5.91 Å². The van der Waals surface area contributed by atoms with Gasteiger partial charge < -0.3 is 14.0 Å². The number of aromatic amines is 1. The van der Waals surface area contributed by atoms with E-state index in [1.807, 2.05) is 16.7 Å². The summed E-state index contributed by atoms with van der Waals surface area (Å²) in [5.41, 5.74) is 1.96. The maximum Gasteiger partial charge on any atom is 0.438 e. The molecule has 11 rings (SSSR count). The van der Waals surface area contributed by atoms with Gasteiger partial charge in [-0.1, -0.05) is 5.16 Å². The van der Waals surface area contributed by atoms with Gasteiger partial charge in [0, 0.05) is 74.1 Å². The summed E-state index contributed by atoms with van der Waals surface area (Å²) in [6.45, 7) is 6.69. The van der Waals surface area contributed by atoms with Crippen molar-refractivity contribution >= 4 is 22.3 Å². The van der Waals surface area contributed by atoms with Crippen LogP contribution in [0.4, 0.5) is 17.6 Å². The molecular weight excluding hydrogens is 837 g/mol. The molecule has 2 aliphatic heterocycles. The van der Waals surface area contributed by atoms with Crippen LogP contribution in [0.25, 0.3) is 33.6 Å². The number of carbonyl (C=O) groups is 1. The minimum Gasteiger partial charge on any atom is -0.376 e. The summed E-state index contributed by atoms with van der Waals surface area (Å²) in [4.78, 5) is 46.5. The second-order valence-corrected chi connectivity index (χ2v) is 17.6. The van der Waals surface area contributed by atoms with Crippen molar-refractivity contribution in [2.45, 2.75) is 75.9 Å². The maximum absolute atomic E-state index is 16.0. The number of H-pyrrole nitrogens is 1. The highest BCUT2D eigenvalue weighted by molar-refractivity contribution is 5.98.